The maximum Gasteiger partial charge on any atom is 0.573 e. The van der Waals surface area contributed by atoms with Crippen molar-refractivity contribution in [1.82, 2.24) is 4.90 Å². The zero-order valence-electron chi connectivity index (χ0n) is 20.7. The molecule has 202 valence electrons. The van der Waals surface area contributed by atoms with Crippen molar-refractivity contribution in [3.05, 3.63) is 59.7 Å². The average Bonchev–Trinajstić information content (AvgIpc) is 3.31. The summed E-state index contributed by atoms with van der Waals surface area (Å²) in [6.45, 7) is 0. The number of carbonyl (C=O) groups is 3. The molecule has 0 aromatic heterocycles. The Labute approximate surface area is 218 Å². The number of hydrogen-bond donors (Lipinski definition) is 1. The summed E-state index contributed by atoms with van der Waals surface area (Å²) in [5, 5.41) is 9.17. The molecule has 0 radical (unpaired) electrons. The minimum Gasteiger partial charge on any atom is -0.481 e. The maximum absolute atomic E-state index is 13.8. The number of hydrogen-bond acceptors (Lipinski definition) is 4. The molecule has 3 unspecified atom stereocenters. The molecule has 1 N–H and O–H groups in total. The summed E-state index contributed by atoms with van der Waals surface area (Å²) >= 11 is 0. The lowest BCUT2D eigenvalue weighted by Crippen LogP contribution is -2.55. The van der Waals surface area contributed by atoms with Crippen LogP contribution in [-0.2, 0) is 9.59 Å². The summed E-state index contributed by atoms with van der Waals surface area (Å²) < 4.78 is 41.7. The molecule has 0 saturated heterocycles. The zero-order chi connectivity index (χ0) is 27.0. The third kappa shape index (κ3) is 5.08. The van der Waals surface area contributed by atoms with Crippen LogP contribution in [0, 0.1) is 5.92 Å². The van der Waals surface area contributed by atoms with Crippen molar-refractivity contribution in [2.75, 3.05) is 4.90 Å². The van der Waals surface area contributed by atoms with Crippen LogP contribution in [0.4, 0.5) is 18.9 Å². The van der Waals surface area contributed by atoms with E-state index in [9.17, 15) is 32.7 Å². The predicted octanol–water partition coefficient (Wildman–Crippen LogP) is 5.70. The molecular formula is C28H29F3N2O5. The van der Waals surface area contributed by atoms with Crippen molar-refractivity contribution >= 4 is 23.5 Å². The molecule has 1 heterocycles. The van der Waals surface area contributed by atoms with Crippen molar-refractivity contribution in [3.63, 3.8) is 0 Å². The van der Waals surface area contributed by atoms with Gasteiger partial charge >= 0.3 is 12.3 Å². The number of rotatable bonds is 7. The van der Waals surface area contributed by atoms with Gasteiger partial charge in [0, 0.05) is 35.7 Å². The third-order valence-electron chi connectivity index (χ3n) is 7.95. The second kappa shape index (κ2) is 10.3. The number of alkyl halides is 3. The molecule has 2 aromatic carbocycles. The minimum absolute atomic E-state index is 0.0314. The monoisotopic (exact) mass is 530 g/mol. The van der Waals surface area contributed by atoms with Gasteiger partial charge in [0.2, 0.25) is 5.91 Å². The van der Waals surface area contributed by atoms with Gasteiger partial charge in [0.25, 0.3) is 5.91 Å². The van der Waals surface area contributed by atoms with E-state index in [-0.39, 0.29) is 54.3 Å². The van der Waals surface area contributed by atoms with E-state index in [2.05, 4.69) is 4.74 Å². The number of fused-ring (bicyclic) bond motifs is 2. The van der Waals surface area contributed by atoms with Gasteiger partial charge < -0.3 is 19.6 Å². The van der Waals surface area contributed by atoms with E-state index < -0.39 is 18.1 Å². The van der Waals surface area contributed by atoms with E-state index in [1.54, 1.807) is 4.90 Å². The molecule has 2 saturated carbocycles. The topological polar surface area (TPSA) is 87.2 Å². The average molecular weight is 531 g/mol. The second-order valence-corrected chi connectivity index (χ2v) is 10.2. The first-order valence-electron chi connectivity index (χ1n) is 13.0. The van der Waals surface area contributed by atoms with Crippen LogP contribution < -0.4 is 9.64 Å². The van der Waals surface area contributed by atoms with Crippen LogP contribution in [0.15, 0.2) is 48.5 Å². The third-order valence-corrected chi connectivity index (χ3v) is 7.95. The van der Waals surface area contributed by atoms with Crippen molar-refractivity contribution < 1.29 is 37.4 Å². The zero-order valence-corrected chi connectivity index (χ0v) is 20.7. The maximum atomic E-state index is 13.8. The Morgan fingerprint density at radius 1 is 0.947 bits per heavy atom. The summed E-state index contributed by atoms with van der Waals surface area (Å²) in [4.78, 5) is 42.1. The Morgan fingerprint density at radius 3 is 2.26 bits per heavy atom. The summed E-state index contributed by atoms with van der Waals surface area (Å²) in [5.74, 6) is -1.95. The van der Waals surface area contributed by atoms with Gasteiger partial charge in [-0.3, -0.25) is 14.4 Å². The minimum atomic E-state index is -4.82. The highest BCUT2D eigenvalue weighted by molar-refractivity contribution is 6.07. The van der Waals surface area contributed by atoms with E-state index in [1.165, 1.54) is 12.1 Å². The van der Waals surface area contributed by atoms with Crippen molar-refractivity contribution in [3.8, 4) is 5.75 Å². The molecule has 3 aliphatic rings. The van der Waals surface area contributed by atoms with Crippen LogP contribution in [0.1, 0.15) is 73.3 Å². The Balaban J connectivity index is 1.50. The standard InChI is InChI=1S/C28H29F3N2O5/c29-28(30,31)38-19-13-11-17(12-14-19)27(37)33-22-9-2-1-7-20(22)26(21-8-4-10-23(21)33)32(18-5-3-6-18)24(34)15-16-25(35)36/h1-2,7,9,11-14,18,21,23,26H,3-6,8,10,15-16H2,(H,35,36). The summed E-state index contributed by atoms with van der Waals surface area (Å²) in [7, 11) is 0. The fourth-order valence-electron chi connectivity index (χ4n) is 6.17. The molecule has 2 fully saturated rings. The first kappa shape index (κ1) is 26.1. The lowest BCUT2D eigenvalue weighted by atomic mass is 9.78. The van der Waals surface area contributed by atoms with Gasteiger partial charge in [-0.2, -0.15) is 0 Å². The molecule has 0 spiro atoms. The molecule has 0 bridgehead atoms. The molecule has 2 aromatic rings. The van der Waals surface area contributed by atoms with E-state index in [4.69, 9.17) is 0 Å². The number of para-hydroxylation sites is 1. The first-order chi connectivity index (χ1) is 18.1. The number of carboxylic acids is 1. The van der Waals surface area contributed by atoms with E-state index in [1.807, 2.05) is 29.2 Å². The van der Waals surface area contributed by atoms with Crippen LogP contribution in [0.2, 0.25) is 0 Å². The normalized spacial score (nSPS) is 22.7. The van der Waals surface area contributed by atoms with Crippen molar-refractivity contribution in [2.45, 2.75) is 75.9 Å². The summed E-state index contributed by atoms with van der Waals surface area (Å²) in [6, 6.07) is 12.0. The number of carbonyl (C=O) groups excluding carboxylic acids is 2. The predicted molar refractivity (Wildman–Crippen MR) is 132 cm³/mol. The lowest BCUT2D eigenvalue weighted by molar-refractivity contribution is -0.274. The number of benzene rings is 2. The Kier molecular flexibility index (Phi) is 7.07. The SMILES string of the molecule is O=C(O)CCC(=O)N(C1CCC1)C1c2ccccc2N(C(=O)c2ccc(OC(F)(F)F)cc2)C2CCCC21. The highest BCUT2D eigenvalue weighted by Crippen LogP contribution is 2.52. The fourth-order valence-corrected chi connectivity index (χ4v) is 6.17. The van der Waals surface area contributed by atoms with Gasteiger partial charge in [-0.15, -0.1) is 13.2 Å². The quantitative estimate of drug-likeness (QED) is 0.496. The van der Waals surface area contributed by atoms with Gasteiger partial charge in [0.15, 0.2) is 0 Å². The number of amides is 2. The molecule has 3 atom stereocenters. The molecular weight excluding hydrogens is 501 g/mol. The van der Waals surface area contributed by atoms with Crippen LogP contribution in [-0.4, -0.2) is 46.2 Å². The number of aliphatic carboxylic acids is 1. The molecule has 5 rings (SSSR count). The largest absolute Gasteiger partial charge is 0.573 e. The van der Waals surface area contributed by atoms with Gasteiger partial charge in [-0.1, -0.05) is 24.6 Å². The number of halogens is 3. The second-order valence-electron chi connectivity index (χ2n) is 10.2. The van der Waals surface area contributed by atoms with Crippen molar-refractivity contribution in [2.24, 2.45) is 5.92 Å². The highest BCUT2D eigenvalue weighted by atomic mass is 19.4. The Bertz CT molecular complexity index is 1210. The van der Waals surface area contributed by atoms with E-state index in [0.717, 1.165) is 56.2 Å². The van der Waals surface area contributed by atoms with Crippen molar-refractivity contribution in [1.29, 1.82) is 0 Å². The molecule has 1 aliphatic heterocycles. The fraction of sp³-hybridized carbons (Fsp3) is 0.464. The summed E-state index contributed by atoms with van der Waals surface area (Å²) in [5.41, 5.74) is 1.76. The number of carboxylic acid groups (broad SMARTS) is 1. The molecule has 2 amide bonds. The number of anilines is 1. The highest BCUT2D eigenvalue weighted by Gasteiger charge is 2.50. The van der Waals surface area contributed by atoms with Crippen LogP contribution in [0.25, 0.3) is 0 Å². The van der Waals surface area contributed by atoms with E-state index in [0.29, 0.717) is 5.69 Å². The lowest BCUT2D eigenvalue weighted by Gasteiger charge is -2.51. The van der Waals surface area contributed by atoms with Gasteiger partial charge in [0.1, 0.15) is 5.75 Å². The van der Waals surface area contributed by atoms with Crippen LogP contribution in [0.5, 0.6) is 5.75 Å². The Morgan fingerprint density at radius 2 is 1.63 bits per heavy atom. The van der Waals surface area contributed by atoms with Gasteiger partial charge in [0.05, 0.1) is 12.5 Å². The summed E-state index contributed by atoms with van der Waals surface area (Å²) in [6.07, 6.45) is 0.0171. The Hall–Kier alpha value is -3.56. The first-order valence-corrected chi connectivity index (χ1v) is 13.0. The number of ether oxygens (including phenoxy) is 1. The van der Waals surface area contributed by atoms with Gasteiger partial charge in [-0.25, -0.2) is 0 Å². The molecule has 38 heavy (non-hydrogen) atoms. The molecule has 2 aliphatic carbocycles. The number of nitrogens with zero attached hydrogens (tertiary/aromatic N) is 2. The molecule has 10 heteroatoms. The van der Waals surface area contributed by atoms with E-state index >= 15 is 0 Å². The van der Waals surface area contributed by atoms with Crippen LogP contribution >= 0.6 is 0 Å². The molecule has 7 nitrogen and oxygen atoms in total. The van der Waals surface area contributed by atoms with Gasteiger partial charge in [-0.05, 0) is 68.0 Å². The smallest absolute Gasteiger partial charge is 0.481 e. The van der Waals surface area contributed by atoms with Crippen LogP contribution in [0.3, 0.4) is 0 Å².